The van der Waals surface area contributed by atoms with Crippen molar-refractivity contribution in [3.05, 3.63) is 69.8 Å². The zero-order valence-corrected chi connectivity index (χ0v) is 12.7. The van der Waals surface area contributed by atoms with E-state index in [2.05, 4.69) is 36.2 Å². The van der Waals surface area contributed by atoms with Crippen molar-refractivity contribution in [3.63, 3.8) is 0 Å². The maximum Gasteiger partial charge on any atom is 0.269 e. The van der Waals surface area contributed by atoms with Crippen LogP contribution in [-0.2, 0) is 6.54 Å². The number of anilines is 1. The van der Waals surface area contributed by atoms with Crippen LogP contribution in [0.5, 0.6) is 0 Å². The molecule has 22 heavy (non-hydrogen) atoms. The minimum absolute atomic E-state index is 0.0238. The monoisotopic (exact) mass is 297 g/mol. The topological polar surface area (TPSA) is 58.4 Å². The molecule has 0 spiro atoms. The second kappa shape index (κ2) is 5.77. The van der Waals surface area contributed by atoms with Crippen LogP contribution in [-0.4, -0.2) is 15.9 Å². The molecule has 1 heterocycles. The van der Waals surface area contributed by atoms with Gasteiger partial charge in [0.1, 0.15) is 6.17 Å². The van der Waals surface area contributed by atoms with Gasteiger partial charge in [0.05, 0.1) is 4.92 Å². The molecule has 114 valence electrons. The van der Waals surface area contributed by atoms with Crippen molar-refractivity contribution in [2.24, 2.45) is 0 Å². The zero-order valence-electron chi connectivity index (χ0n) is 12.7. The van der Waals surface area contributed by atoms with E-state index in [1.54, 1.807) is 12.1 Å². The van der Waals surface area contributed by atoms with Gasteiger partial charge in [0, 0.05) is 30.4 Å². The van der Waals surface area contributed by atoms with Crippen LogP contribution in [0.4, 0.5) is 11.4 Å². The third-order valence-corrected chi connectivity index (χ3v) is 4.08. The normalized spacial score (nSPS) is 17.9. The van der Waals surface area contributed by atoms with Gasteiger partial charge in [0.2, 0.25) is 0 Å². The first-order chi connectivity index (χ1) is 10.6. The number of hydrogen-bond donors (Lipinski definition) is 1. The molecule has 2 aromatic carbocycles. The highest BCUT2D eigenvalue weighted by atomic mass is 16.6. The van der Waals surface area contributed by atoms with Crippen LogP contribution >= 0.6 is 0 Å². The number of para-hydroxylation sites is 1. The minimum atomic E-state index is -0.367. The van der Waals surface area contributed by atoms with Crippen LogP contribution in [0, 0.1) is 10.1 Å². The molecular formula is C17H19N3O2. The zero-order chi connectivity index (χ0) is 15.7. The summed E-state index contributed by atoms with van der Waals surface area (Å²) < 4.78 is 0. The molecule has 0 amide bonds. The Kier molecular flexibility index (Phi) is 3.81. The predicted octanol–water partition coefficient (Wildman–Crippen LogP) is 3.93. The van der Waals surface area contributed by atoms with Crippen molar-refractivity contribution in [1.82, 2.24) is 4.90 Å². The summed E-state index contributed by atoms with van der Waals surface area (Å²) in [6.45, 7) is 5.19. The maximum atomic E-state index is 10.8. The Balaban J connectivity index is 1.95. The summed E-state index contributed by atoms with van der Waals surface area (Å²) in [6, 6.07) is 15.4. The van der Waals surface area contributed by atoms with E-state index in [1.807, 2.05) is 24.3 Å². The third kappa shape index (κ3) is 2.67. The van der Waals surface area contributed by atoms with E-state index in [1.165, 1.54) is 5.56 Å². The molecule has 1 N–H and O–H groups in total. The molecule has 0 aliphatic carbocycles. The smallest absolute Gasteiger partial charge is 0.269 e. The average molecular weight is 297 g/mol. The molecule has 5 nitrogen and oxygen atoms in total. The fraction of sp³-hybridized carbons (Fsp3) is 0.294. The van der Waals surface area contributed by atoms with Crippen molar-refractivity contribution >= 4 is 11.4 Å². The van der Waals surface area contributed by atoms with Gasteiger partial charge >= 0.3 is 0 Å². The highest BCUT2D eigenvalue weighted by Crippen LogP contribution is 2.34. The summed E-state index contributed by atoms with van der Waals surface area (Å²) in [5.74, 6) is 0. The van der Waals surface area contributed by atoms with Crippen LogP contribution in [0.15, 0.2) is 48.5 Å². The van der Waals surface area contributed by atoms with Crippen molar-refractivity contribution < 1.29 is 4.92 Å². The Morgan fingerprint density at radius 3 is 2.50 bits per heavy atom. The second-order valence-corrected chi connectivity index (χ2v) is 5.82. The molecule has 0 saturated carbocycles. The van der Waals surface area contributed by atoms with Gasteiger partial charge in [-0.25, -0.2) is 0 Å². The van der Waals surface area contributed by atoms with Crippen molar-refractivity contribution in [1.29, 1.82) is 0 Å². The van der Waals surface area contributed by atoms with Gasteiger partial charge in [-0.1, -0.05) is 18.2 Å². The third-order valence-electron chi connectivity index (χ3n) is 4.08. The van der Waals surface area contributed by atoms with Gasteiger partial charge in [-0.2, -0.15) is 0 Å². The summed E-state index contributed by atoms with van der Waals surface area (Å²) >= 11 is 0. The number of nitro groups is 1. The molecule has 5 heteroatoms. The molecule has 2 aromatic rings. The number of rotatable bonds is 3. The predicted molar refractivity (Wildman–Crippen MR) is 86.6 cm³/mol. The van der Waals surface area contributed by atoms with Gasteiger partial charge in [0.25, 0.3) is 5.69 Å². The molecule has 1 aliphatic rings. The first kappa shape index (κ1) is 14.5. The van der Waals surface area contributed by atoms with Crippen molar-refractivity contribution in [2.45, 2.75) is 32.6 Å². The molecule has 1 atom stereocenters. The summed E-state index contributed by atoms with van der Waals surface area (Å²) in [5, 5.41) is 14.4. The maximum absolute atomic E-state index is 10.8. The van der Waals surface area contributed by atoms with Crippen LogP contribution in [0.1, 0.15) is 31.1 Å². The Morgan fingerprint density at radius 1 is 1.18 bits per heavy atom. The Labute approximate surface area is 129 Å². The van der Waals surface area contributed by atoms with Gasteiger partial charge in [-0.3, -0.25) is 15.0 Å². The molecule has 0 radical (unpaired) electrons. The van der Waals surface area contributed by atoms with Gasteiger partial charge in [-0.15, -0.1) is 0 Å². The Bertz CT molecular complexity index is 683. The van der Waals surface area contributed by atoms with E-state index in [4.69, 9.17) is 0 Å². The summed E-state index contributed by atoms with van der Waals surface area (Å²) in [7, 11) is 0. The van der Waals surface area contributed by atoms with E-state index in [-0.39, 0.29) is 16.8 Å². The molecule has 0 aromatic heterocycles. The molecule has 1 unspecified atom stereocenters. The molecular weight excluding hydrogens is 278 g/mol. The van der Waals surface area contributed by atoms with Gasteiger partial charge in [-0.05, 0) is 43.2 Å². The van der Waals surface area contributed by atoms with E-state index in [9.17, 15) is 10.1 Å². The van der Waals surface area contributed by atoms with Crippen molar-refractivity contribution in [2.75, 3.05) is 5.32 Å². The first-order valence-corrected chi connectivity index (χ1v) is 7.41. The lowest BCUT2D eigenvalue weighted by atomic mass is 10.0. The van der Waals surface area contributed by atoms with E-state index in [0.29, 0.717) is 6.04 Å². The number of nitrogens with one attached hydrogen (secondary N) is 1. The standard InChI is InChI=1S/C17H19N3O2/c1-12(2)19-11-14-5-3-4-6-16(14)18-17(19)13-7-9-15(10-8-13)20(21)22/h3-10,12,17-18H,11H2,1-2H3. The molecule has 0 saturated heterocycles. The number of fused-ring (bicyclic) bond motifs is 1. The number of hydrogen-bond acceptors (Lipinski definition) is 4. The fourth-order valence-electron chi connectivity index (χ4n) is 2.85. The highest BCUT2D eigenvalue weighted by Gasteiger charge is 2.28. The van der Waals surface area contributed by atoms with Crippen LogP contribution in [0.25, 0.3) is 0 Å². The minimum Gasteiger partial charge on any atom is -0.366 e. The lowest BCUT2D eigenvalue weighted by Gasteiger charge is -2.40. The van der Waals surface area contributed by atoms with E-state index < -0.39 is 0 Å². The average Bonchev–Trinajstić information content (AvgIpc) is 2.53. The van der Waals surface area contributed by atoms with E-state index >= 15 is 0 Å². The summed E-state index contributed by atoms with van der Waals surface area (Å²) in [6.07, 6.45) is 0.0238. The largest absolute Gasteiger partial charge is 0.366 e. The van der Waals surface area contributed by atoms with Gasteiger partial charge < -0.3 is 5.32 Å². The molecule has 0 fully saturated rings. The van der Waals surface area contributed by atoms with Crippen LogP contribution in [0.3, 0.4) is 0 Å². The second-order valence-electron chi connectivity index (χ2n) is 5.82. The lowest BCUT2D eigenvalue weighted by molar-refractivity contribution is -0.384. The van der Waals surface area contributed by atoms with E-state index in [0.717, 1.165) is 17.8 Å². The fourth-order valence-corrected chi connectivity index (χ4v) is 2.85. The molecule has 0 bridgehead atoms. The highest BCUT2D eigenvalue weighted by molar-refractivity contribution is 5.54. The number of benzene rings is 2. The quantitative estimate of drug-likeness (QED) is 0.689. The van der Waals surface area contributed by atoms with Crippen LogP contribution in [0.2, 0.25) is 0 Å². The number of non-ortho nitro benzene ring substituents is 1. The first-order valence-electron chi connectivity index (χ1n) is 7.41. The van der Waals surface area contributed by atoms with Crippen LogP contribution < -0.4 is 5.32 Å². The van der Waals surface area contributed by atoms with Gasteiger partial charge in [0.15, 0.2) is 0 Å². The lowest BCUT2D eigenvalue weighted by Crippen LogP contribution is -2.41. The molecule has 3 rings (SSSR count). The summed E-state index contributed by atoms with van der Waals surface area (Å²) in [5.41, 5.74) is 3.56. The number of nitrogens with zero attached hydrogens (tertiary/aromatic N) is 2. The number of nitro benzene ring substituents is 1. The Morgan fingerprint density at radius 2 is 1.86 bits per heavy atom. The summed E-state index contributed by atoms with van der Waals surface area (Å²) in [4.78, 5) is 12.8. The van der Waals surface area contributed by atoms with Crippen molar-refractivity contribution in [3.8, 4) is 0 Å². The Hall–Kier alpha value is -2.40. The molecule has 1 aliphatic heterocycles. The SMILES string of the molecule is CC(C)N1Cc2ccccc2NC1c1ccc([N+](=O)[O-])cc1.